The van der Waals surface area contributed by atoms with E-state index >= 15 is 0 Å². The second kappa shape index (κ2) is 6.67. The maximum atomic E-state index is 6.45. The van der Waals surface area contributed by atoms with Crippen LogP contribution in [0.5, 0.6) is 0 Å². The van der Waals surface area contributed by atoms with Crippen molar-refractivity contribution in [2.24, 2.45) is 0 Å². The van der Waals surface area contributed by atoms with E-state index in [1.54, 1.807) is 0 Å². The van der Waals surface area contributed by atoms with Crippen LogP contribution in [0.15, 0.2) is 4.42 Å². The van der Waals surface area contributed by atoms with Gasteiger partial charge in [0.15, 0.2) is 5.82 Å². The first-order valence-corrected chi connectivity index (χ1v) is 9.88. The van der Waals surface area contributed by atoms with Crippen molar-refractivity contribution in [3.05, 3.63) is 10.6 Å². The molecule has 0 aliphatic rings. The molecule has 0 N–H and O–H groups in total. The molecule has 2 aromatic heterocycles. The van der Waals surface area contributed by atoms with Gasteiger partial charge in [-0.3, -0.25) is 0 Å². The maximum absolute atomic E-state index is 6.45. The predicted octanol–water partition coefficient (Wildman–Crippen LogP) is -7.45. The van der Waals surface area contributed by atoms with E-state index in [1.165, 1.54) is 27.2 Å². The Kier molecular flexibility index (Phi) is 4.67. The molecule has 130 valence electrons. The van der Waals surface area contributed by atoms with Gasteiger partial charge in [0.2, 0.25) is 10.6 Å². The molecule has 0 aliphatic carbocycles. The van der Waals surface area contributed by atoms with Crippen molar-refractivity contribution < 1.29 is 4.42 Å². The first-order chi connectivity index (χ1) is 13.1. The lowest BCUT2D eigenvalue weighted by atomic mass is 9.64. The van der Waals surface area contributed by atoms with E-state index in [4.69, 9.17) is 27.6 Å². The highest BCUT2D eigenvalue weighted by Crippen LogP contribution is 2.25. The number of rotatable bonds is 1. The molecular weight excluding hydrogens is 385 g/mol. The minimum Gasteiger partial charge on any atom is -0.457 e. The summed E-state index contributed by atoms with van der Waals surface area (Å²) in [5, 5.41) is 2.50. The highest BCUT2D eigenvalue weighted by molar-refractivity contribution is 6.69. The minimum atomic E-state index is 0.0779. The fourth-order valence-corrected chi connectivity index (χ4v) is 4.50. The Labute approximate surface area is 179 Å². The molecular formula is C15H14B7Cl2N3O. The van der Waals surface area contributed by atoms with Crippen molar-refractivity contribution in [3.8, 4) is 11.4 Å². The van der Waals surface area contributed by atoms with E-state index in [2.05, 4.69) is 62.0 Å². The lowest BCUT2D eigenvalue weighted by Crippen LogP contribution is -2.47. The molecule has 4 aromatic rings. The van der Waals surface area contributed by atoms with Crippen LogP contribution < -0.4 is 38.2 Å². The smallest absolute Gasteiger partial charge is 0.227 e. The first-order valence-electron chi connectivity index (χ1n) is 9.13. The number of benzene rings is 2. The average molecular weight is 399 g/mol. The zero-order valence-electron chi connectivity index (χ0n) is 17.0. The summed E-state index contributed by atoms with van der Waals surface area (Å²) < 4.78 is 6.45. The van der Waals surface area contributed by atoms with Gasteiger partial charge in [-0.2, -0.15) is 15.0 Å². The van der Waals surface area contributed by atoms with Gasteiger partial charge in [-0.25, -0.2) is 0 Å². The van der Waals surface area contributed by atoms with Crippen molar-refractivity contribution >= 4 is 138 Å². The molecule has 0 aliphatic heterocycles. The Morgan fingerprint density at radius 3 is 1.57 bits per heavy atom. The van der Waals surface area contributed by atoms with E-state index in [0.717, 1.165) is 38.5 Å². The van der Waals surface area contributed by atoms with Gasteiger partial charge in [-0.1, -0.05) is 27.3 Å². The number of aromatic nitrogens is 3. The fourth-order valence-electron chi connectivity index (χ4n) is 4.14. The topological polar surface area (TPSA) is 51.8 Å². The lowest BCUT2D eigenvalue weighted by Gasteiger charge is -2.15. The number of halogens is 2. The standard InChI is InChI=1S/C15H14B7Cl2N3O/c16-4-1-2-5(17)8(20)9(21)10(22)12(2)28-11(1)7(19)3(6(4)18)13-25-14(23)27-15(24)26-13/h16-22H2. The van der Waals surface area contributed by atoms with Crippen molar-refractivity contribution in [3.63, 3.8) is 0 Å². The van der Waals surface area contributed by atoms with Crippen molar-refractivity contribution in [2.75, 3.05) is 0 Å². The molecule has 0 saturated carbocycles. The van der Waals surface area contributed by atoms with E-state index in [-0.39, 0.29) is 10.6 Å². The third-order valence-corrected chi connectivity index (χ3v) is 6.48. The summed E-state index contributed by atoms with van der Waals surface area (Å²) in [6.45, 7) is 0. The molecule has 0 atom stereocenters. The van der Waals surface area contributed by atoms with E-state index in [0.29, 0.717) is 5.82 Å². The Morgan fingerprint density at radius 1 is 0.536 bits per heavy atom. The largest absolute Gasteiger partial charge is 0.457 e. The van der Waals surface area contributed by atoms with Gasteiger partial charge < -0.3 is 4.42 Å². The number of furan rings is 1. The average Bonchev–Trinajstić information content (AvgIpc) is 3.03. The molecule has 4 nitrogen and oxygen atoms in total. The Morgan fingerprint density at radius 2 is 1.00 bits per heavy atom. The monoisotopic (exact) mass is 399 g/mol. The molecule has 2 aromatic carbocycles. The van der Waals surface area contributed by atoms with Crippen LogP contribution in [0.1, 0.15) is 0 Å². The quantitative estimate of drug-likeness (QED) is 0.299. The SMILES string of the molecule is Bc1c(B)c(B)c2c(oc3c(B)c(-c4nc(Cl)nc(Cl)n4)c(B)c(B)c32)c1B. The third-order valence-electron chi connectivity index (χ3n) is 6.14. The van der Waals surface area contributed by atoms with Crippen LogP contribution in [0.25, 0.3) is 33.3 Å². The van der Waals surface area contributed by atoms with Crippen molar-refractivity contribution in [1.29, 1.82) is 0 Å². The van der Waals surface area contributed by atoms with Crippen LogP contribution in [0, 0.1) is 0 Å². The Hall–Kier alpha value is -1.72. The second-order valence-corrected chi connectivity index (χ2v) is 8.13. The van der Waals surface area contributed by atoms with Crippen molar-refractivity contribution in [1.82, 2.24) is 15.0 Å². The summed E-state index contributed by atoms with van der Waals surface area (Å²) in [5.41, 5.74) is 10.9. The fraction of sp³-hybridized carbons (Fsp3) is 0. The molecule has 0 bridgehead atoms. The van der Waals surface area contributed by atoms with Crippen LogP contribution in [0.3, 0.4) is 0 Å². The van der Waals surface area contributed by atoms with Gasteiger partial charge in [0.1, 0.15) is 66.1 Å². The van der Waals surface area contributed by atoms with Crippen LogP contribution >= 0.6 is 23.2 Å². The van der Waals surface area contributed by atoms with Crippen LogP contribution in [0.2, 0.25) is 10.6 Å². The normalized spacial score (nSPS) is 11.5. The number of fused-ring (bicyclic) bond motifs is 3. The van der Waals surface area contributed by atoms with Gasteiger partial charge in [-0.15, -0.1) is 5.46 Å². The first kappa shape index (κ1) is 19.6. The molecule has 0 saturated heterocycles. The minimum absolute atomic E-state index is 0.0779. The Balaban J connectivity index is 2.22. The molecule has 0 unspecified atom stereocenters. The lowest BCUT2D eigenvalue weighted by molar-refractivity contribution is 0.675. The molecule has 0 fully saturated rings. The van der Waals surface area contributed by atoms with Gasteiger partial charge in [-0.05, 0) is 28.7 Å². The van der Waals surface area contributed by atoms with Gasteiger partial charge in [0.25, 0.3) is 0 Å². The van der Waals surface area contributed by atoms with Gasteiger partial charge in [0.05, 0.1) is 0 Å². The summed E-state index contributed by atoms with van der Waals surface area (Å²) in [7, 11) is 14.8. The molecule has 0 radical (unpaired) electrons. The van der Waals surface area contributed by atoms with E-state index in [9.17, 15) is 0 Å². The number of nitrogens with zero attached hydrogens (tertiary/aromatic N) is 3. The highest BCUT2D eigenvalue weighted by atomic mass is 35.5. The molecule has 2 heterocycles. The summed E-state index contributed by atoms with van der Waals surface area (Å²) in [6.07, 6.45) is 0. The van der Waals surface area contributed by atoms with Gasteiger partial charge in [0, 0.05) is 16.3 Å². The molecule has 4 rings (SSSR count). The van der Waals surface area contributed by atoms with Crippen LogP contribution in [-0.4, -0.2) is 69.9 Å². The van der Waals surface area contributed by atoms with Gasteiger partial charge >= 0.3 is 0 Å². The van der Waals surface area contributed by atoms with E-state index in [1.807, 2.05) is 7.85 Å². The molecule has 0 amide bonds. The van der Waals surface area contributed by atoms with E-state index < -0.39 is 0 Å². The third kappa shape index (κ3) is 2.67. The summed E-state index contributed by atoms with van der Waals surface area (Å²) in [4.78, 5) is 12.5. The Bertz CT molecular complexity index is 1310. The van der Waals surface area contributed by atoms with Crippen LogP contribution in [-0.2, 0) is 0 Å². The molecule has 13 heteroatoms. The molecule has 28 heavy (non-hydrogen) atoms. The summed E-state index contributed by atoms with van der Waals surface area (Å²) in [5.74, 6) is 0.464. The van der Waals surface area contributed by atoms with Crippen LogP contribution in [0.4, 0.5) is 0 Å². The zero-order valence-corrected chi connectivity index (χ0v) is 18.5. The second-order valence-electron chi connectivity index (χ2n) is 7.46. The summed E-state index contributed by atoms with van der Waals surface area (Å²) >= 11 is 12.1. The zero-order chi connectivity index (χ0) is 20.5. The maximum Gasteiger partial charge on any atom is 0.227 e. The number of hydrogen-bond acceptors (Lipinski definition) is 4. The number of hydrogen-bond donors (Lipinski definition) is 0. The highest BCUT2D eigenvalue weighted by Gasteiger charge is 2.23. The summed E-state index contributed by atoms with van der Waals surface area (Å²) in [6, 6.07) is 0. The van der Waals surface area contributed by atoms with Crippen molar-refractivity contribution in [2.45, 2.75) is 0 Å². The molecule has 0 spiro atoms. The predicted molar refractivity (Wildman–Crippen MR) is 140 cm³/mol.